The van der Waals surface area contributed by atoms with Crippen molar-refractivity contribution in [2.24, 2.45) is 0 Å². The van der Waals surface area contributed by atoms with Gasteiger partial charge in [0.15, 0.2) is 0 Å². The summed E-state index contributed by atoms with van der Waals surface area (Å²) in [4.78, 5) is 0. The van der Waals surface area contributed by atoms with Crippen molar-refractivity contribution in [3.05, 3.63) is 152 Å². The number of para-hydroxylation sites is 3. The van der Waals surface area contributed by atoms with Crippen molar-refractivity contribution >= 4 is 75.3 Å². The molecule has 0 radical (unpaired) electrons. The largest absolute Gasteiger partial charge is 0.455 e. The number of thiophene rings is 1. The maximum absolute atomic E-state index is 6.54. The van der Waals surface area contributed by atoms with Crippen LogP contribution in [-0.2, 0) is 0 Å². The minimum Gasteiger partial charge on any atom is -0.455 e. The first-order valence-corrected chi connectivity index (χ1v) is 16.1. The Morgan fingerprint density at radius 1 is 0.467 bits per heavy atom. The maximum atomic E-state index is 6.54. The van der Waals surface area contributed by atoms with E-state index in [0.29, 0.717) is 0 Å². The number of hydrogen-bond acceptors (Lipinski definition) is 2. The molecule has 0 amide bonds. The van der Waals surface area contributed by atoms with Gasteiger partial charge in [-0.2, -0.15) is 0 Å². The van der Waals surface area contributed by atoms with E-state index in [-0.39, 0.29) is 0 Å². The van der Waals surface area contributed by atoms with E-state index in [0.717, 1.165) is 38.8 Å². The number of fused-ring (bicyclic) bond motifs is 10. The minimum atomic E-state index is 0.911. The fourth-order valence-corrected chi connectivity index (χ4v) is 8.41. The smallest absolute Gasteiger partial charge is 0.143 e. The molecule has 2 nitrogen and oxygen atoms in total. The second kappa shape index (κ2) is 9.43. The van der Waals surface area contributed by atoms with Gasteiger partial charge in [-0.05, 0) is 53.1 Å². The van der Waals surface area contributed by atoms with Gasteiger partial charge in [0.1, 0.15) is 11.2 Å². The molecule has 45 heavy (non-hydrogen) atoms. The number of rotatable bonds is 3. The summed E-state index contributed by atoms with van der Waals surface area (Å²) in [6.45, 7) is 0. The first-order chi connectivity index (χ1) is 22.3. The van der Waals surface area contributed by atoms with Crippen LogP contribution in [0, 0.1) is 0 Å². The Labute approximate surface area is 263 Å². The van der Waals surface area contributed by atoms with Crippen molar-refractivity contribution in [1.29, 1.82) is 0 Å². The van der Waals surface area contributed by atoms with E-state index in [1.54, 1.807) is 0 Å². The van der Waals surface area contributed by atoms with Crippen LogP contribution in [0.4, 0.5) is 0 Å². The van der Waals surface area contributed by atoms with Gasteiger partial charge in [-0.1, -0.05) is 115 Å². The quantitative estimate of drug-likeness (QED) is 0.200. The van der Waals surface area contributed by atoms with E-state index in [4.69, 9.17) is 4.42 Å². The minimum absolute atomic E-state index is 0.911. The van der Waals surface area contributed by atoms with E-state index < -0.39 is 0 Å². The summed E-state index contributed by atoms with van der Waals surface area (Å²) in [7, 11) is 0. The molecule has 3 heteroatoms. The van der Waals surface area contributed by atoms with Crippen LogP contribution < -0.4 is 0 Å². The third-order valence-corrected chi connectivity index (χ3v) is 10.4. The molecular weight excluding hydrogens is 567 g/mol. The Hall–Kier alpha value is -5.64. The molecule has 210 valence electrons. The van der Waals surface area contributed by atoms with Crippen LogP contribution in [0.15, 0.2) is 156 Å². The maximum Gasteiger partial charge on any atom is 0.143 e. The highest BCUT2D eigenvalue weighted by Gasteiger charge is 2.20. The summed E-state index contributed by atoms with van der Waals surface area (Å²) >= 11 is 1.88. The molecule has 3 aromatic heterocycles. The Morgan fingerprint density at radius 2 is 1.18 bits per heavy atom. The highest BCUT2D eigenvalue weighted by atomic mass is 32.1. The standard InChI is InChI=1S/C42H25NOS/c1-2-11-26(12-3-1)27-23-28(30-16-10-17-35-32-14-5-8-19-38(32)44-41(30)35)25-29(24-27)43-37-18-7-4-13-31(37)34-21-22-36-33-15-6-9-20-39(33)45-42(36)40(34)43/h1-25H. The van der Waals surface area contributed by atoms with Gasteiger partial charge in [0.25, 0.3) is 0 Å². The van der Waals surface area contributed by atoms with Gasteiger partial charge < -0.3 is 8.98 Å². The Bertz CT molecular complexity index is 2760. The number of hydrogen-bond donors (Lipinski definition) is 0. The molecule has 0 saturated heterocycles. The zero-order valence-corrected chi connectivity index (χ0v) is 25.0. The fraction of sp³-hybridized carbons (Fsp3) is 0. The summed E-state index contributed by atoms with van der Waals surface area (Å²) in [6, 6.07) is 54.7. The van der Waals surface area contributed by atoms with Gasteiger partial charge in [-0.15, -0.1) is 11.3 Å². The topological polar surface area (TPSA) is 18.1 Å². The van der Waals surface area contributed by atoms with E-state index >= 15 is 0 Å². The van der Waals surface area contributed by atoms with Gasteiger partial charge in [0.05, 0.1) is 15.7 Å². The van der Waals surface area contributed by atoms with Crippen molar-refractivity contribution < 1.29 is 4.42 Å². The van der Waals surface area contributed by atoms with Gasteiger partial charge in [0.2, 0.25) is 0 Å². The van der Waals surface area contributed by atoms with Crippen LogP contribution in [0.2, 0.25) is 0 Å². The van der Waals surface area contributed by atoms with Crippen LogP contribution in [-0.4, -0.2) is 4.57 Å². The zero-order valence-electron chi connectivity index (χ0n) is 24.2. The normalized spacial score (nSPS) is 12.0. The van der Waals surface area contributed by atoms with Gasteiger partial charge in [-0.25, -0.2) is 0 Å². The highest BCUT2D eigenvalue weighted by molar-refractivity contribution is 7.26. The molecule has 0 bridgehead atoms. The summed E-state index contributed by atoms with van der Waals surface area (Å²) in [6.07, 6.45) is 0. The molecular formula is C42H25NOS. The Kier molecular flexibility index (Phi) is 5.19. The first kappa shape index (κ1) is 24.8. The number of furan rings is 1. The van der Waals surface area contributed by atoms with E-state index in [9.17, 15) is 0 Å². The number of aromatic nitrogens is 1. The van der Waals surface area contributed by atoms with Crippen molar-refractivity contribution in [2.45, 2.75) is 0 Å². The lowest BCUT2D eigenvalue weighted by Crippen LogP contribution is -1.96. The summed E-state index contributed by atoms with van der Waals surface area (Å²) in [5.74, 6) is 0. The predicted octanol–water partition coefficient (Wildman–Crippen LogP) is 12.4. The molecule has 0 N–H and O–H groups in total. The van der Waals surface area contributed by atoms with E-state index in [1.165, 1.54) is 53.1 Å². The van der Waals surface area contributed by atoms with Crippen molar-refractivity contribution in [3.63, 3.8) is 0 Å². The van der Waals surface area contributed by atoms with E-state index in [2.05, 4.69) is 150 Å². The predicted molar refractivity (Wildman–Crippen MR) is 192 cm³/mol. The van der Waals surface area contributed by atoms with Crippen LogP contribution >= 0.6 is 11.3 Å². The van der Waals surface area contributed by atoms with E-state index in [1.807, 2.05) is 17.4 Å². The monoisotopic (exact) mass is 591 g/mol. The molecule has 0 unspecified atom stereocenters. The van der Waals surface area contributed by atoms with Crippen molar-refractivity contribution in [1.82, 2.24) is 4.57 Å². The second-order valence-corrected chi connectivity index (χ2v) is 12.8. The van der Waals surface area contributed by atoms with Crippen molar-refractivity contribution in [3.8, 4) is 27.9 Å². The van der Waals surface area contributed by atoms with Gasteiger partial charge in [-0.3, -0.25) is 0 Å². The zero-order chi connectivity index (χ0) is 29.5. The molecule has 0 atom stereocenters. The molecule has 3 heterocycles. The highest BCUT2D eigenvalue weighted by Crippen LogP contribution is 2.44. The molecule has 0 fully saturated rings. The number of nitrogens with zero attached hydrogens (tertiary/aromatic N) is 1. The molecule has 0 saturated carbocycles. The first-order valence-electron chi connectivity index (χ1n) is 15.3. The molecule has 10 aromatic rings. The van der Waals surface area contributed by atoms with Crippen molar-refractivity contribution in [2.75, 3.05) is 0 Å². The summed E-state index contributed by atoms with van der Waals surface area (Å²) in [5, 5.41) is 7.43. The lowest BCUT2D eigenvalue weighted by atomic mass is 9.96. The molecule has 0 aliphatic heterocycles. The van der Waals surface area contributed by atoms with Gasteiger partial charge >= 0.3 is 0 Å². The lowest BCUT2D eigenvalue weighted by Gasteiger charge is -2.14. The SMILES string of the molecule is c1ccc(-c2cc(-c3cccc4c3oc3ccccc34)cc(-n3c4ccccc4c4ccc5c6ccccc6sc5c43)c2)cc1. The number of benzene rings is 7. The summed E-state index contributed by atoms with van der Waals surface area (Å²) in [5.41, 5.74) is 10.0. The van der Waals surface area contributed by atoms with Crippen LogP contribution in [0.5, 0.6) is 0 Å². The average Bonchev–Trinajstić information content (AvgIpc) is 3.78. The van der Waals surface area contributed by atoms with Crippen LogP contribution in [0.1, 0.15) is 0 Å². The van der Waals surface area contributed by atoms with Gasteiger partial charge in [0, 0.05) is 48.3 Å². The van der Waals surface area contributed by atoms with Crippen LogP contribution in [0.25, 0.3) is 91.9 Å². The third kappa shape index (κ3) is 3.62. The molecule has 10 rings (SSSR count). The third-order valence-electron chi connectivity index (χ3n) is 9.18. The molecule has 7 aromatic carbocycles. The lowest BCUT2D eigenvalue weighted by molar-refractivity contribution is 0.670. The fourth-order valence-electron chi connectivity index (χ4n) is 7.17. The molecule has 0 aliphatic rings. The Balaban J connectivity index is 1.34. The average molecular weight is 592 g/mol. The molecule has 0 spiro atoms. The van der Waals surface area contributed by atoms with Crippen LogP contribution in [0.3, 0.4) is 0 Å². The second-order valence-electron chi connectivity index (χ2n) is 11.7. The Morgan fingerprint density at radius 3 is 2.09 bits per heavy atom. The molecule has 0 aliphatic carbocycles. The summed E-state index contributed by atoms with van der Waals surface area (Å²) < 4.78 is 11.7.